The number of hydrogen-bond donors (Lipinski definition) is 1. The molecule has 5 rings (SSSR count). The van der Waals surface area contributed by atoms with Gasteiger partial charge in [0, 0.05) is 30.3 Å². The number of rotatable bonds is 6. The Morgan fingerprint density at radius 1 is 1.14 bits per heavy atom. The van der Waals surface area contributed by atoms with Crippen molar-refractivity contribution in [2.75, 3.05) is 18.7 Å². The number of nitrogens with one attached hydrogen (secondary N) is 1. The lowest BCUT2D eigenvalue weighted by atomic mass is 10.2. The van der Waals surface area contributed by atoms with E-state index in [1.807, 2.05) is 12.1 Å². The average molecular weight is 494 g/mol. The SMILES string of the molecule is O=C(Nc1nnc(-c2ccc3c(c2)OCO3)s1)C1CCCN1C(=O)/C=C/c1ccc([N+](=O)[O-])cc1. The van der Waals surface area contributed by atoms with Crippen LogP contribution in [0.15, 0.2) is 48.5 Å². The maximum Gasteiger partial charge on any atom is 0.269 e. The predicted molar refractivity (Wildman–Crippen MR) is 127 cm³/mol. The molecule has 2 aliphatic rings. The van der Waals surface area contributed by atoms with E-state index in [4.69, 9.17) is 9.47 Å². The van der Waals surface area contributed by atoms with Gasteiger partial charge in [0.15, 0.2) is 11.5 Å². The van der Waals surface area contributed by atoms with Gasteiger partial charge in [-0.2, -0.15) is 0 Å². The first kappa shape index (κ1) is 22.5. The highest BCUT2D eigenvalue weighted by Gasteiger charge is 2.33. The van der Waals surface area contributed by atoms with Crippen LogP contribution in [0, 0.1) is 10.1 Å². The molecule has 1 atom stereocenters. The summed E-state index contributed by atoms with van der Waals surface area (Å²) in [5.41, 5.74) is 1.42. The van der Waals surface area contributed by atoms with E-state index >= 15 is 0 Å². The fourth-order valence-electron chi connectivity index (χ4n) is 3.88. The fraction of sp³-hybridized carbons (Fsp3) is 0.217. The van der Waals surface area contributed by atoms with Crippen LogP contribution in [-0.4, -0.2) is 51.2 Å². The minimum absolute atomic E-state index is 0.0249. The summed E-state index contributed by atoms with van der Waals surface area (Å²) in [5, 5.41) is 22.7. The molecule has 2 aromatic carbocycles. The second-order valence-corrected chi connectivity index (χ2v) is 8.82. The number of ether oxygens (including phenoxy) is 2. The summed E-state index contributed by atoms with van der Waals surface area (Å²) in [6, 6.07) is 10.7. The molecular weight excluding hydrogens is 474 g/mol. The summed E-state index contributed by atoms with van der Waals surface area (Å²) in [4.78, 5) is 37.5. The number of nitro groups is 1. The quantitative estimate of drug-likeness (QED) is 0.313. The molecule has 1 saturated heterocycles. The van der Waals surface area contributed by atoms with Gasteiger partial charge in [0.05, 0.1) is 4.92 Å². The Labute approximate surface area is 203 Å². The Morgan fingerprint density at radius 3 is 2.74 bits per heavy atom. The molecular formula is C23H19N5O6S. The summed E-state index contributed by atoms with van der Waals surface area (Å²) >= 11 is 1.22. The number of fused-ring (bicyclic) bond motifs is 1. The number of benzene rings is 2. The van der Waals surface area contributed by atoms with Crippen molar-refractivity contribution in [1.29, 1.82) is 0 Å². The van der Waals surface area contributed by atoms with E-state index in [1.165, 1.54) is 34.4 Å². The van der Waals surface area contributed by atoms with Crippen LogP contribution < -0.4 is 14.8 Å². The van der Waals surface area contributed by atoms with E-state index in [9.17, 15) is 19.7 Å². The molecule has 0 radical (unpaired) electrons. The average Bonchev–Trinajstić information content (AvgIpc) is 3.63. The number of carbonyl (C=O) groups excluding carboxylic acids is 2. The highest BCUT2D eigenvalue weighted by molar-refractivity contribution is 7.18. The summed E-state index contributed by atoms with van der Waals surface area (Å²) in [6.07, 6.45) is 4.18. The molecule has 0 bridgehead atoms. The summed E-state index contributed by atoms with van der Waals surface area (Å²) in [7, 11) is 0. The number of likely N-dealkylation sites (tertiary alicyclic amines) is 1. The molecule has 2 amide bonds. The number of carbonyl (C=O) groups is 2. The normalized spacial score (nSPS) is 16.6. The van der Waals surface area contributed by atoms with Crippen molar-refractivity contribution in [2.24, 2.45) is 0 Å². The zero-order chi connectivity index (χ0) is 24.4. The Balaban J connectivity index is 1.22. The molecule has 1 aromatic heterocycles. The minimum atomic E-state index is -0.623. The van der Waals surface area contributed by atoms with Crippen molar-refractivity contribution >= 4 is 40.0 Å². The van der Waals surface area contributed by atoms with E-state index in [2.05, 4.69) is 15.5 Å². The van der Waals surface area contributed by atoms with Gasteiger partial charge in [0.25, 0.3) is 5.69 Å². The third kappa shape index (κ3) is 4.82. The van der Waals surface area contributed by atoms with Crippen molar-refractivity contribution in [3.8, 4) is 22.1 Å². The largest absolute Gasteiger partial charge is 0.454 e. The van der Waals surface area contributed by atoms with Crippen LogP contribution in [0.25, 0.3) is 16.6 Å². The standard InChI is InChI=1S/C23H19N5O6S/c29-20(10-5-14-3-7-16(8-4-14)28(31)32)27-11-1-2-17(27)21(30)24-23-26-25-22(35-23)15-6-9-18-19(12-15)34-13-33-18/h3-10,12,17H,1-2,11,13H2,(H,24,26,30)/b10-5+. The first-order valence-corrected chi connectivity index (χ1v) is 11.6. The van der Waals surface area contributed by atoms with Gasteiger partial charge in [0.2, 0.25) is 23.7 Å². The fourth-order valence-corrected chi connectivity index (χ4v) is 4.63. The predicted octanol–water partition coefficient (Wildman–Crippen LogP) is 3.48. The van der Waals surface area contributed by atoms with Gasteiger partial charge >= 0.3 is 0 Å². The number of aromatic nitrogens is 2. The van der Waals surface area contributed by atoms with Crippen LogP contribution in [0.3, 0.4) is 0 Å². The van der Waals surface area contributed by atoms with Crippen LogP contribution in [0.2, 0.25) is 0 Å². The molecule has 0 spiro atoms. The molecule has 12 heteroatoms. The lowest BCUT2D eigenvalue weighted by Crippen LogP contribution is -2.42. The number of anilines is 1. The number of non-ortho nitro benzene ring substituents is 1. The van der Waals surface area contributed by atoms with E-state index in [-0.39, 0.29) is 24.3 Å². The highest BCUT2D eigenvalue weighted by Crippen LogP contribution is 2.37. The van der Waals surface area contributed by atoms with E-state index in [0.29, 0.717) is 46.6 Å². The van der Waals surface area contributed by atoms with Crippen LogP contribution in [-0.2, 0) is 9.59 Å². The van der Waals surface area contributed by atoms with Gasteiger partial charge < -0.3 is 14.4 Å². The molecule has 3 aromatic rings. The second-order valence-electron chi connectivity index (χ2n) is 7.84. The van der Waals surface area contributed by atoms with Gasteiger partial charge in [-0.15, -0.1) is 10.2 Å². The zero-order valence-electron chi connectivity index (χ0n) is 18.2. The van der Waals surface area contributed by atoms with Gasteiger partial charge in [0.1, 0.15) is 11.0 Å². The van der Waals surface area contributed by atoms with Crippen molar-refractivity contribution in [1.82, 2.24) is 15.1 Å². The first-order chi connectivity index (χ1) is 17.0. The lowest BCUT2D eigenvalue weighted by molar-refractivity contribution is -0.384. The first-order valence-electron chi connectivity index (χ1n) is 10.8. The number of hydrogen-bond acceptors (Lipinski definition) is 9. The lowest BCUT2D eigenvalue weighted by Gasteiger charge is -2.22. The van der Waals surface area contributed by atoms with Gasteiger partial charge in [-0.1, -0.05) is 11.3 Å². The number of nitrogens with zero attached hydrogens (tertiary/aromatic N) is 4. The molecule has 178 valence electrons. The second kappa shape index (κ2) is 9.50. The summed E-state index contributed by atoms with van der Waals surface area (Å²) < 4.78 is 10.7. The van der Waals surface area contributed by atoms with Crippen LogP contribution in [0.4, 0.5) is 10.8 Å². The Bertz CT molecular complexity index is 1320. The molecule has 1 N–H and O–H groups in total. The van der Waals surface area contributed by atoms with Crippen LogP contribution in [0.5, 0.6) is 11.5 Å². The smallest absolute Gasteiger partial charge is 0.269 e. The van der Waals surface area contributed by atoms with Crippen molar-refractivity contribution in [2.45, 2.75) is 18.9 Å². The summed E-state index contributed by atoms with van der Waals surface area (Å²) in [5.74, 6) is 0.665. The third-order valence-corrected chi connectivity index (χ3v) is 6.52. The number of nitro benzene ring substituents is 1. The minimum Gasteiger partial charge on any atom is -0.454 e. The summed E-state index contributed by atoms with van der Waals surface area (Å²) in [6.45, 7) is 0.635. The van der Waals surface area contributed by atoms with Gasteiger partial charge in [-0.25, -0.2) is 0 Å². The Kier molecular flexibility index (Phi) is 6.10. The maximum absolute atomic E-state index is 12.9. The molecule has 0 aliphatic carbocycles. The van der Waals surface area contributed by atoms with Crippen LogP contribution >= 0.6 is 11.3 Å². The molecule has 1 unspecified atom stereocenters. The molecule has 1 fully saturated rings. The molecule has 35 heavy (non-hydrogen) atoms. The number of amides is 2. The zero-order valence-corrected chi connectivity index (χ0v) is 19.1. The molecule has 2 aliphatic heterocycles. The highest BCUT2D eigenvalue weighted by atomic mass is 32.1. The Morgan fingerprint density at radius 2 is 1.94 bits per heavy atom. The maximum atomic E-state index is 12.9. The van der Waals surface area contributed by atoms with Gasteiger partial charge in [-0.3, -0.25) is 25.0 Å². The van der Waals surface area contributed by atoms with E-state index in [0.717, 1.165) is 5.56 Å². The molecule has 3 heterocycles. The van der Waals surface area contributed by atoms with Crippen LogP contribution in [0.1, 0.15) is 18.4 Å². The van der Waals surface area contributed by atoms with Gasteiger partial charge in [-0.05, 0) is 54.8 Å². The topological polar surface area (TPSA) is 137 Å². The third-order valence-electron chi connectivity index (χ3n) is 5.64. The van der Waals surface area contributed by atoms with Crippen molar-refractivity contribution < 1.29 is 24.0 Å². The van der Waals surface area contributed by atoms with Crippen molar-refractivity contribution in [3.05, 3.63) is 64.2 Å². The molecule has 0 saturated carbocycles. The molecule has 11 nitrogen and oxygen atoms in total. The van der Waals surface area contributed by atoms with Crippen molar-refractivity contribution in [3.63, 3.8) is 0 Å². The van der Waals surface area contributed by atoms with E-state index < -0.39 is 11.0 Å². The van der Waals surface area contributed by atoms with E-state index in [1.54, 1.807) is 24.3 Å². The Hall–Kier alpha value is -4.32. The monoisotopic (exact) mass is 493 g/mol.